The Kier molecular flexibility index (Phi) is 5.93. The molecule has 1 aliphatic heterocycles. The number of carbonyl (C=O) groups excluding carboxylic acids is 2. The van der Waals surface area contributed by atoms with E-state index in [0.717, 1.165) is 0 Å². The van der Waals surface area contributed by atoms with Crippen molar-refractivity contribution in [2.45, 2.75) is 32.6 Å². The summed E-state index contributed by atoms with van der Waals surface area (Å²) in [6.45, 7) is 4.05. The number of nitrogens with zero attached hydrogens (tertiary/aromatic N) is 1. The summed E-state index contributed by atoms with van der Waals surface area (Å²) in [4.78, 5) is 36.7. The lowest BCUT2D eigenvalue weighted by molar-refractivity contribution is -0.384. The number of nitro groups is 1. The standard InChI is InChI=1S/C21H24N2O7/c1-21(2)10-14(24)17-15(11-21)30-19(22)18(20(25)29-8-7-28-3)16(17)12-5-4-6-13(9-12)23(26)27/h4-6,9,16H,7-8,10-11,22H2,1-3H3/t16-/m1/s1. The minimum Gasteiger partial charge on any atom is -0.460 e. The van der Waals surface area contributed by atoms with Gasteiger partial charge in [0.15, 0.2) is 5.78 Å². The molecule has 1 aliphatic carbocycles. The molecule has 0 aromatic heterocycles. The van der Waals surface area contributed by atoms with Crippen LogP contribution in [0, 0.1) is 15.5 Å². The van der Waals surface area contributed by atoms with Crippen LogP contribution in [-0.2, 0) is 23.8 Å². The van der Waals surface area contributed by atoms with Gasteiger partial charge in [-0.1, -0.05) is 26.0 Å². The van der Waals surface area contributed by atoms with Crippen molar-refractivity contribution >= 4 is 17.4 Å². The van der Waals surface area contributed by atoms with E-state index in [2.05, 4.69) is 0 Å². The molecule has 3 rings (SSSR count). The van der Waals surface area contributed by atoms with Crippen molar-refractivity contribution in [3.63, 3.8) is 0 Å². The third kappa shape index (κ3) is 4.20. The van der Waals surface area contributed by atoms with Crippen molar-refractivity contribution in [2.75, 3.05) is 20.3 Å². The Bertz CT molecular complexity index is 962. The van der Waals surface area contributed by atoms with Crippen LogP contribution in [0.5, 0.6) is 0 Å². The molecular formula is C21H24N2O7. The Morgan fingerprint density at radius 3 is 2.73 bits per heavy atom. The summed E-state index contributed by atoms with van der Waals surface area (Å²) in [5.74, 6) is -1.64. The molecule has 0 amide bonds. The molecule has 2 aliphatic rings. The average molecular weight is 416 g/mol. The summed E-state index contributed by atoms with van der Waals surface area (Å²) < 4.78 is 15.8. The number of allylic oxidation sites excluding steroid dienone is 2. The molecule has 0 saturated carbocycles. The third-order valence-electron chi connectivity index (χ3n) is 5.11. The lowest BCUT2D eigenvalue weighted by atomic mass is 9.70. The monoisotopic (exact) mass is 416 g/mol. The van der Waals surface area contributed by atoms with Crippen LogP contribution in [-0.4, -0.2) is 37.0 Å². The number of carbonyl (C=O) groups is 2. The molecule has 1 aromatic carbocycles. The first kappa shape index (κ1) is 21.5. The quantitative estimate of drug-likeness (QED) is 0.324. The van der Waals surface area contributed by atoms with E-state index in [1.54, 1.807) is 6.07 Å². The third-order valence-corrected chi connectivity index (χ3v) is 5.11. The number of non-ortho nitro benzene ring substituents is 1. The summed E-state index contributed by atoms with van der Waals surface area (Å²) >= 11 is 0. The Labute approximate surface area is 173 Å². The van der Waals surface area contributed by atoms with Gasteiger partial charge < -0.3 is 19.9 Å². The van der Waals surface area contributed by atoms with Gasteiger partial charge in [-0.15, -0.1) is 0 Å². The summed E-state index contributed by atoms with van der Waals surface area (Å²) in [5, 5.41) is 11.3. The van der Waals surface area contributed by atoms with Gasteiger partial charge in [-0.25, -0.2) is 4.79 Å². The number of nitro benzene ring substituents is 1. The molecule has 2 N–H and O–H groups in total. The predicted molar refractivity (Wildman–Crippen MR) is 106 cm³/mol. The van der Waals surface area contributed by atoms with Gasteiger partial charge in [0.1, 0.15) is 17.9 Å². The normalized spacial score (nSPS) is 20.5. The number of ether oxygens (including phenoxy) is 3. The van der Waals surface area contributed by atoms with Crippen LogP contribution < -0.4 is 5.73 Å². The zero-order valence-electron chi connectivity index (χ0n) is 17.1. The number of Topliss-reactive ketones (excluding diaryl/α,β-unsaturated/α-hetero) is 1. The van der Waals surface area contributed by atoms with Gasteiger partial charge in [-0.2, -0.15) is 0 Å². The summed E-state index contributed by atoms with van der Waals surface area (Å²) in [7, 11) is 1.47. The maximum absolute atomic E-state index is 13.1. The SMILES string of the molecule is COCCOC(=O)C1=C(N)OC2=C(C(=O)CC(C)(C)C2)[C@H]1c1cccc([N+](=O)[O-])c1. The molecule has 1 aromatic rings. The molecule has 0 unspecified atom stereocenters. The van der Waals surface area contributed by atoms with E-state index in [9.17, 15) is 19.7 Å². The average Bonchev–Trinajstić information content (AvgIpc) is 2.66. The van der Waals surface area contributed by atoms with Gasteiger partial charge >= 0.3 is 5.97 Å². The molecule has 1 atom stereocenters. The van der Waals surface area contributed by atoms with Crippen LogP contribution in [0.15, 0.2) is 47.1 Å². The van der Waals surface area contributed by atoms with Gasteiger partial charge in [-0.05, 0) is 11.0 Å². The lowest BCUT2D eigenvalue weighted by Crippen LogP contribution is -2.35. The number of rotatable bonds is 6. The highest BCUT2D eigenvalue weighted by Crippen LogP contribution is 2.48. The maximum Gasteiger partial charge on any atom is 0.340 e. The molecule has 30 heavy (non-hydrogen) atoms. The van der Waals surface area contributed by atoms with Crippen LogP contribution in [0.25, 0.3) is 0 Å². The van der Waals surface area contributed by atoms with Crippen molar-refractivity contribution in [3.05, 3.63) is 62.7 Å². The molecule has 0 radical (unpaired) electrons. The van der Waals surface area contributed by atoms with Gasteiger partial charge in [-0.3, -0.25) is 14.9 Å². The number of benzene rings is 1. The lowest BCUT2D eigenvalue weighted by Gasteiger charge is -2.37. The van der Waals surface area contributed by atoms with Crippen molar-refractivity contribution in [1.82, 2.24) is 0 Å². The first-order chi connectivity index (χ1) is 14.1. The van der Waals surface area contributed by atoms with E-state index >= 15 is 0 Å². The number of hydrogen-bond donors (Lipinski definition) is 1. The van der Waals surface area contributed by atoms with Crippen LogP contribution in [0.2, 0.25) is 0 Å². The predicted octanol–water partition coefficient (Wildman–Crippen LogP) is 2.71. The van der Waals surface area contributed by atoms with Crippen molar-refractivity contribution in [3.8, 4) is 0 Å². The van der Waals surface area contributed by atoms with Gasteiger partial charge in [0.05, 0.1) is 17.4 Å². The minimum absolute atomic E-state index is 0.0132. The van der Waals surface area contributed by atoms with E-state index in [1.807, 2.05) is 13.8 Å². The molecule has 0 spiro atoms. The number of esters is 1. The molecular weight excluding hydrogens is 392 g/mol. The summed E-state index contributed by atoms with van der Waals surface area (Å²) in [6, 6.07) is 5.80. The maximum atomic E-state index is 13.1. The number of nitrogens with two attached hydrogens (primary N) is 1. The van der Waals surface area contributed by atoms with E-state index < -0.39 is 16.8 Å². The second kappa shape index (κ2) is 8.27. The van der Waals surface area contributed by atoms with E-state index in [1.165, 1.54) is 25.3 Å². The minimum atomic E-state index is -0.910. The second-order valence-corrected chi connectivity index (χ2v) is 8.07. The number of methoxy groups -OCH3 is 1. The van der Waals surface area contributed by atoms with Crippen molar-refractivity contribution in [2.24, 2.45) is 11.1 Å². The van der Waals surface area contributed by atoms with Gasteiger partial charge in [0.2, 0.25) is 5.88 Å². The Morgan fingerprint density at radius 2 is 2.07 bits per heavy atom. The molecule has 0 fully saturated rings. The Hall–Kier alpha value is -3.20. The highest BCUT2D eigenvalue weighted by molar-refractivity contribution is 6.03. The Morgan fingerprint density at radius 1 is 1.33 bits per heavy atom. The molecule has 160 valence electrons. The fourth-order valence-electron chi connectivity index (χ4n) is 3.83. The summed E-state index contributed by atoms with van der Waals surface area (Å²) in [6.07, 6.45) is 0.707. The molecule has 9 nitrogen and oxygen atoms in total. The van der Waals surface area contributed by atoms with E-state index in [-0.39, 0.29) is 48.0 Å². The topological polar surface area (TPSA) is 131 Å². The zero-order valence-corrected chi connectivity index (χ0v) is 17.1. The fourth-order valence-corrected chi connectivity index (χ4v) is 3.83. The van der Waals surface area contributed by atoms with Crippen molar-refractivity contribution in [1.29, 1.82) is 0 Å². The van der Waals surface area contributed by atoms with Gasteiger partial charge in [0.25, 0.3) is 5.69 Å². The molecule has 9 heteroatoms. The first-order valence-electron chi connectivity index (χ1n) is 9.49. The van der Waals surface area contributed by atoms with E-state index in [4.69, 9.17) is 19.9 Å². The first-order valence-corrected chi connectivity index (χ1v) is 9.49. The molecule has 1 heterocycles. The smallest absolute Gasteiger partial charge is 0.340 e. The van der Waals surface area contributed by atoms with E-state index in [0.29, 0.717) is 23.3 Å². The molecule has 0 bridgehead atoms. The second-order valence-electron chi connectivity index (χ2n) is 8.07. The highest BCUT2D eigenvalue weighted by atomic mass is 16.6. The van der Waals surface area contributed by atoms with Crippen LogP contribution in [0.1, 0.15) is 38.2 Å². The van der Waals surface area contributed by atoms with Gasteiger partial charge in [0, 0.05) is 37.7 Å². The van der Waals surface area contributed by atoms with Crippen molar-refractivity contribution < 1.29 is 28.7 Å². The zero-order chi connectivity index (χ0) is 22.1. The summed E-state index contributed by atoms with van der Waals surface area (Å²) in [5.41, 5.74) is 6.26. The largest absolute Gasteiger partial charge is 0.460 e. The highest BCUT2D eigenvalue weighted by Gasteiger charge is 2.45. The van der Waals surface area contributed by atoms with Crippen LogP contribution in [0.3, 0.4) is 0 Å². The molecule has 0 saturated heterocycles. The number of ketones is 1. The fraction of sp³-hybridized carbons (Fsp3) is 0.429. The number of hydrogen-bond acceptors (Lipinski definition) is 8. The van der Waals surface area contributed by atoms with Crippen LogP contribution >= 0.6 is 0 Å². The Balaban J connectivity index is 2.13. The van der Waals surface area contributed by atoms with Crippen LogP contribution in [0.4, 0.5) is 5.69 Å².